The minimum Gasteiger partial charge on any atom is -0.373 e. The van der Waals surface area contributed by atoms with Gasteiger partial charge in [-0.15, -0.1) is 0 Å². The summed E-state index contributed by atoms with van der Waals surface area (Å²) in [6, 6.07) is 13.1. The first kappa shape index (κ1) is 30.3. The summed E-state index contributed by atoms with van der Waals surface area (Å²) in [5.41, 5.74) is -1.62. The van der Waals surface area contributed by atoms with Crippen LogP contribution in [0.3, 0.4) is 0 Å². The minimum atomic E-state index is -4.87. The summed E-state index contributed by atoms with van der Waals surface area (Å²) in [6.07, 6.45) is -5.33. The number of halogens is 4. The first-order valence-corrected chi connectivity index (χ1v) is 15.0. The second kappa shape index (κ2) is 12.1. The van der Waals surface area contributed by atoms with Crippen molar-refractivity contribution < 1.29 is 31.1 Å². The molecule has 0 bridgehead atoms. The highest BCUT2D eigenvalue weighted by atomic mass is 35.5. The monoisotopic (exact) mass is 597 g/mol. The smallest absolute Gasteiger partial charge is 0.373 e. The van der Waals surface area contributed by atoms with Crippen molar-refractivity contribution in [2.75, 3.05) is 19.6 Å². The summed E-state index contributed by atoms with van der Waals surface area (Å²) in [7, 11) is -4.47. The number of sulfone groups is 1. The quantitative estimate of drug-likeness (QED) is 0.460. The van der Waals surface area contributed by atoms with Crippen LogP contribution in [0.1, 0.15) is 43.7 Å². The normalized spacial score (nSPS) is 23.4. The lowest BCUT2D eigenvalue weighted by Crippen LogP contribution is -2.56. The molecule has 1 amide bonds. The van der Waals surface area contributed by atoms with E-state index in [2.05, 4.69) is 16.3 Å². The number of carbonyl (C=O) groups is 1. The maximum absolute atomic E-state index is 13.7. The number of likely N-dealkylation sites (tertiary alicyclic amines) is 1. The maximum atomic E-state index is 13.7. The predicted octanol–water partition coefficient (Wildman–Crippen LogP) is 4.99. The van der Waals surface area contributed by atoms with Crippen molar-refractivity contribution in [3.8, 4) is 6.07 Å². The highest BCUT2D eigenvalue weighted by Gasteiger charge is 2.49. The molecular weight excluding hydrogens is 567 g/mol. The van der Waals surface area contributed by atoms with Gasteiger partial charge in [-0.25, -0.2) is 8.42 Å². The van der Waals surface area contributed by atoms with Crippen molar-refractivity contribution in [3.05, 3.63) is 64.7 Å². The van der Waals surface area contributed by atoms with Crippen LogP contribution in [0.2, 0.25) is 5.02 Å². The van der Waals surface area contributed by atoms with E-state index < -0.39 is 55.2 Å². The molecule has 2 aromatic rings. The van der Waals surface area contributed by atoms with Crippen LogP contribution in [-0.4, -0.2) is 55.8 Å². The number of hydrogen-bond acceptors (Lipinski definition) is 6. The lowest BCUT2D eigenvalue weighted by molar-refractivity contribution is -0.140. The molecule has 2 aliphatic rings. The molecule has 1 N–H and O–H groups in total. The molecule has 7 nitrogen and oxygen atoms in total. The lowest BCUT2D eigenvalue weighted by atomic mass is 9.88. The number of benzene rings is 2. The Morgan fingerprint density at radius 1 is 1.15 bits per heavy atom. The van der Waals surface area contributed by atoms with E-state index >= 15 is 0 Å². The van der Waals surface area contributed by atoms with Crippen LogP contribution in [0.15, 0.2) is 53.4 Å². The fourth-order valence-corrected chi connectivity index (χ4v) is 7.57. The Hall–Kier alpha value is -2.65. The Morgan fingerprint density at radius 2 is 1.80 bits per heavy atom. The second-order valence-electron chi connectivity index (χ2n) is 10.3. The molecule has 1 unspecified atom stereocenters. The summed E-state index contributed by atoms with van der Waals surface area (Å²) < 4.78 is 74.2. The summed E-state index contributed by atoms with van der Waals surface area (Å²) in [6.45, 7) is 4.12. The third-order valence-electron chi connectivity index (χ3n) is 7.85. The standard InChI is InChI=1S/C28H31ClF3N3O4S/c1-2-35-13-11-27(18-33,12-14-35)34-26(36)22-15-21(16-24(22)39-17-19-7-9-20(29)10-8-19)40(37,38)25-6-4-3-5-23(25)28(30,31)32/h3-10,21-22,24H,2,11-17H2,1H3,(H,34,36)/t21-,22-,24?/m1/s1. The van der Waals surface area contributed by atoms with Gasteiger partial charge in [0.2, 0.25) is 5.91 Å². The van der Waals surface area contributed by atoms with Crippen LogP contribution in [0.4, 0.5) is 13.2 Å². The molecular formula is C28H31ClF3N3O4S. The van der Waals surface area contributed by atoms with Gasteiger partial charge < -0.3 is 15.0 Å². The third-order valence-corrected chi connectivity index (χ3v) is 10.3. The number of ether oxygens (including phenoxy) is 1. The third kappa shape index (κ3) is 6.62. The van der Waals surface area contributed by atoms with Crippen LogP contribution < -0.4 is 5.32 Å². The van der Waals surface area contributed by atoms with Crippen molar-refractivity contribution in [2.24, 2.45) is 5.92 Å². The van der Waals surface area contributed by atoms with Crippen LogP contribution in [0, 0.1) is 17.2 Å². The van der Waals surface area contributed by atoms with E-state index in [4.69, 9.17) is 16.3 Å². The first-order chi connectivity index (χ1) is 18.9. The fraction of sp³-hybridized carbons (Fsp3) is 0.500. The van der Waals surface area contributed by atoms with Crippen LogP contribution >= 0.6 is 11.6 Å². The molecule has 40 heavy (non-hydrogen) atoms. The van der Waals surface area contributed by atoms with Gasteiger partial charge >= 0.3 is 6.18 Å². The van der Waals surface area contributed by atoms with E-state index in [0.29, 0.717) is 31.0 Å². The van der Waals surface area contributed by atoms with Gasteiger partial charge in [0.15, 0.2) is 9.84 Å². The zero-order valence-corrected chi connectivity index (χ0v) is 23.5. The molecule has 2 aromatic carbocycles. The van der Waals surface area contributed by atoms with Crippen LogP contribution in [-0.2, 0) is 32.2 Å². The van der Waals surface area contributed by atoms with E-state index in [-0.39, 0.29) is 19.4 Å². The van der Waals surface area contributed by atoms with E-state index in [1.54, 1.807) is 24.3 Å². The Kier molecular flexibility index (Phi) is 9.15. The average Bonchev–Trinajstić information content (AvgIpc) is 3.38. The zero-order chi connectivity index (χ0) is 29.1. The molecule has 4 rings (SSSR count). The molecule has 12 heteroatoms. The Morgan fingerprint density at radius 3 is 2.40 bits per heavy atom. The molecule has 0 spiro atoms. The number of carbonyl (C=O) groups excluding carboxylic acids is 1. The molecule has 2 fully saturated rings. The molecule has 0 aromatic heterocycles. The van der Waals surface area contributed by atoms with E-state index in [1.807, 2.05) is 6.92 Å². The van der Waals surface area contributed by atoms with E-state index in [9.17, 15) is 31.6 Å². The number of alkyl halides is 3. The molecule has 216 valence electrons. The van der Waals surface area contributed by atoms with Gasteiger partial charge in [-0.05, 0) is 62.1 Å². The SMILES string of the molecule is CCN1CCC(C#N)(NC(=O)[C@@H]2C[C@@H](S(=O)(=O)c3ccccc3C(F)(F)F)CC2OCc2ccc(Cl)cc2)CC1. The summed E-state index contributed by atoms with van der Waals surface area (Å²) in [5, 5.41) is 12.0. The second-order valence-corrected chi connectivity index (χ2v) is 13.0. The van der Waals surface area contributed by atoms with Gasteiger partial charge in [0.25, 0.3) is 0 Å². The van der Waals surface area contributed by atoms with Crippen molar-refractivity contribution >= 4 is 27.3 Å². The van der Waals surface area contributed by atoms with Gasteiger partial charge in [0.1, 0.15) is 5.54 Å². The number of piperidine rings is 1. The minimum absolute atomic E-state index is 0.0480. The topological polar surface area (TPSA) is 99.5 Å². The van der Waals surface area contributed by atoms with Crippen molar-refractivity contribution in [2.45, 2.75) is 67.2 Å². The number of rotatable bonds is 8. The van der Waals surface area contributed by atoms with Crippen molar-refractivity contribution in [3.63, 3.8) is 0 Å². The molecule has 1 saturated heterocycles. The number of nitriles is 1. The van der Waals surface area contributed by atoms with Crippen molar-refractivity contribution in [1.29, 1.82) is 5.26 Å². The first-order valence-electron chi connectivity index (χ1n) is 13.1. The summed E-state index contributed by atoms with van der Waals surface area (Å²) in [5.74, 6) is -1.51. The zero-order valence-electron chi connectivity index (χ0n) is 22.0. The number of hydrogen-bond donors (Lipinski definition) is 1. The average molecular weight is 598 g/mol. The molecule has 1 aliphatic heterocycles. The van der Waals surface area contributed by atoms with E-state index in [0.717, 1.165) is 30.3 Å². The van der Waals surface area contributed by atoms with Gasteiger partial charge in [0, 0.05) is 18.1 Å². The van der Waals surface area contributed by atoms with Crippen molar-refractivity contribution in [1.82, 2.24) is 10.2 Å². The Labute approximate surface area is 237 Å². The predicted molar refractivity (Wildman–Crippen MR) is 143 cm³/mol. The highest BCUT2D eigenvalue weighted by Crippen LogP contribution is 2.41. The summed E-state index contributed by atoms with van der Waals surface area (Å²) in [4.78, 5) is 14.9. The molecule has 1 heterocycles. The number of amides is 1. The molecule has 3 atom stereocenters. The van der Waals surface area contributed by atoms with Gasteiger partial charge in [0.05, 0.1) is 40.4 Å². The summed E-state index contributed by atoms with van der Waals surface area (Å²) >= 11 is 5.94. The number of nitrogens with zero attached hydrogens (tertiary/aromatic N) is 2. The lowest BCUT2D eigenvalue weighted by Gasteiger charge is -2.38. The van der Waals surface area contributed by atoms with Gasteiger partial charge in [-0.2, -0.15) is 18.4 Å². The van der Waals surface area contributed by atoms with Crippen LogP contribution in [0.5, 0.6) is 0 Å². The number of nitrogens with one attached hydrogen (secondary N) is 1. The molecule has 1 aliphatic carbocycles. The Balaban J connectivity index is 1.60. The Bertz CT molecular complexity index is 1350. The molecule has 1 saturated carbocycles. The maximum Gasteiger partial charge on any atom is 0.417 e. The van der Waals surface area contributed by atoms with Gasteiger partial charge in [-0.1, -0.05) is 42.8 Å². The van der Waals surface area contributed by atoms with E-state index in [1.165, 1.54) is 6.07 Å². The van der Waals surface area contributed by atoms with Gasteiger partial charge in [-0.3, -0.25) is 4.79 Å². The molecule has 0 radical (unpaired) electrons. The largest absolute Gasteiger partial charge is 0.417 e. The fourth-order valence-electron chi connectivity index (χ4n) is 5.42. The highest BCUT2D eigenvalue weighted by molar-refractivity contribution is 7.92. The van der Waals surface area contributed by atoms with Crippen LogP contribution in [0.25, 0.3) is 0 Å².